The predicted molar refractivity (Wildman–Crippen MR) is 236 cm³/mol. The number of fused-ring (bicyclic) bond motifs is 4. The van der Waals surface area contributed by atoms with Gasteiger partial charge < -0.3 is 0 Å². The highest BCUT2D eigenvalue weighted by atomic mass is 32.1. The SMILES string of the molecule is CCCCCCCCc1ccc(N2C(=O)c3c(C)sc(-c4cc5c(s4)-c4sc(C)cc4[Si]5(CCCCCCCC)CC(CC)CCCC)c3C2=O)cc1. The average Bonchev–Trinajstić information content (AvgIpc) is 3.95. The summed E-state index contributed by atoms with van der Waals surface area (Å²) >= 11 is 5.55. The largest absolute Gasteiger partial charge is 0.268 e. The van der Waals surface area contributed by atoms with Crippen molar-refractivity contribution in [1.29, 1.82) is 0 Å². The normalized spacial score (nSPS) is 16.8. The lowest BCUT2D eigenvalue weighted by Crippen LogP contribution is -2.55. The molecule has 286 valence electrons. The van der Waals surface area contributed by atoms with E-state index in [0.717, 1.165) is 22.1 Å². The molecule has 2 aliphatic rings. The molecular formula is C46H63NO2S3Si. The van der Waals surface area contributed by atoms with Crippen molar-refractivity contribution in [3.05, 3.63) is 62.8 Å². The molecule has 0 saturated carbocycles. The van der Waals surface area contributed by atoms with Gasteiger partial charge in [-0.2, -0.15) is 0 Å². The van der Waals surface area contributed by atoms with E-state index in [1.54, 1.807) is 21.7 Å². The Balaban J connectivity index is 1.30. The molecule has 6 rings (SSSR count). The number of rotatable bonds is 22. The van der Waals surface area contributed by atoms with Crippen LogP contribution in [0.25, 0.3) is 19.5 Å². The van der Waals surface area contributed by atoms with E-state index in [4.69, 9.17) is 0 Å². The van der Waals surface area contributed by atoms with Crippen molar-refractivity contribution in [2.45, 2.75) is 163 Å². The summed E-state index contributed by atoms with van der Waals surface area (Å²) in [6.45, 7) is 13.6. The Kier molecular flexibility index (Phi) is 14.1. The van der Waals surface area contributed by atoms with Gasteiger partial charge in [0.2, 0.25) is 0 Å². The summed E-state index contributed by atoms with van der Waals surface area (Å²) in [6, 6.07) is 16.0. The number of hydrogen-bond donors (Lipinski definition) is 0. The lowest BCUT2D eigenvalue weighted by atomic mass is 10.0. The summed E-state index contributed by atoms with van der Waals surface area (Å²) in [5, 5.41) is 3.35. The molecule has 0 fully saturated rings. The zero-order valence-corrected chi connectivity index (χ0v) is 36.9. The second kappa shape index (κ2) is 18.5. The molecule has 3 nitrogen and oxygen atoms in total. The van der Waals surface area contributed by atoms with E-state index >= 15 is 0 Å². The topological polar surface area (TPSA) is 37.4 Å². The van der Waals surface area contributed by atoms with E-state index in [0.29, 0.717) is 16.8 Å². The Labute approximate surface area is 333 Å². The van der Waals surface area contributed by atoms with Crippen LogP contribution >= 0.6 is 34.0 Å². The van der Waals surface area contributed by atoms with Crippen molar-refractivity contribution < 1.29 is 9.59 Å². The van der Waals surface area contributed by atoms with Gasteiger partial charge in [0.15, 0.2) is 0 Å². The second-order valence-electron chi connectivity index (χ2n) is 16.0. The number of carbonyl (C=O) groups is 2. The smallest absolute Gasteiger partial charge is 0.267 e. The van der Waals surface area contributed by atoms with Crippen molar-refractivity contribution in [3.63, 3.8) is 0 Å². The molecule has 0 radical (unpaired) electrons. The van der Waals surface area contributed by atoms with Gasteiger partial charge in [-0.05, 0) is 84.9 Å². The maximum absolute atomic E-state index is 14.4. The van der Waals surface area contributed by atoms with Crippen LogP contribution in [0.2, 0.25) is 12.1 Å². The number of anilines is 1. The van der Waals surface area contributed by atoms with Gasteiger partial charge in [0.05, 0.1) is 21.7 Å². The van der Waals surface area contributed by atoms with E-state index in [9.17, 15) is 9.59 Å². The van der Waals surface area contributed by atoms with E-state index in [1.807, 2.05) is 41.7 Å². The molecule has 1 aromatic carbocycles. The lowest BCUT2D eigenvalue weighted by Gasteiger charge is -2.33. The van der Waals surface area contributed by atoms with Crippen molar-refractivity contribution in [2.75, 3.05) is 4.90 Å². The molecular weight excluding hydrogens is 723 g/mol. The minimum atomic E-state index is -2.04. The van der Waals surface area contributed by atoms with Crippen molar-refractivity contribution in [3.8, 4) is 19.5 Å². The number of aryl methyl sites for hydroxylation is 3. The number of imide groups is 1. The highest BCUT2D eigenvalue weighted by molar-refractivity contribution is 7.32. The van der Waals surface area contributed by atoms with Gasteiger partial charge in [0.1, 0.15) is 8.07 Å². The van der Waals surface area contributed by atoms with Crippen molar-refractivity contribution in [2.24, 2.45) is 5.92 Å². The first-order valence-corrected chi connectivity index (χ1v) is 26.0. The van der Waals surface area contributed by atoms with Gasteiger partial charge in [-0.15, -0.1) is 34.0 Å². The van der Waals surface area contributed by atoms with Crippen LogP contribution in [-0.4, -0.2) is 19.9 Å². The average molecular weight is 786 g/mol. The number of unbranched alkanes of at least 4 members (excludes halogenated alkanes) is 11. The number of hydrogen-bond acceptors (Lipinski definition) is 5. The van der Waals surface area contributed by atoms with Crippen LogP contribution < -0.4 is 15.3 Å². The minimum absolute atomic E-state index is 0.157. The highest BCUT2D eigenvalue weighted by Gasteiger charge is 2.49. The fourth-order valence-corrected chi connectivity index (χ4v) is 20.2. The van der Waals surface area contributed by atoms with Crippen LogP contribution in [-0.2, 0) is 6.42 Å². The molecule has 2 unspecified atom stereocenters. The van der Waals surface area contributed by atoms with Crippen LogP contribution in [0, 0.1) is 19.8 Å². The maximum Gasteiger partial charge on any atom is 0.267 e. The van der Waals surface area contributed by atoms with E-state index in [1.165, 1.54) is 145 Å². The van der Waals surface area contributed by atoms with Gasteiger partial charge in [-0.1, -0.05) is 136 Å². The summed E-state index contributed by atoms with van der Waals surface area (Å²) in [4.78, 5) is 37.4. The highest BCUT2D eigenvalue weighted by Crippen LogP contribution is 2.50. The van der Waals surface area contributed by atoms with Crippen LogP contribution in [0.4, 0.5) is 5.69 Å². The molecule has 3 aromatic heterocycles. The molecule has 5 heterocycles. The van der Waals surface area contributed by atoms with Crippen LogP contribution in [0.5, 0.6) is 0 Å². The quantitative estimate of drug-likeness (QED) is 0.0452. The zero-order chi connectivity index (χ0) is 37.5. The fraction of sp³-hybridized carbons (Fsp3) is 0.565. The minimum Gasteiger partial charge on any atom is -0.268 e. The van der Waals surface area contributed by atoms with Crippen LogP contribution in [0.15, 0.2) is 36.4 Å². The van der Waals surface area contributed by atoms with Crippen LogP contribution in [0.1, 0.15) is 166 Å². The molecule has 0 saturated heterocycles. The Morgan fingerprint density at radius 2 is 1.25 bits per heavy atom. The van der Waals surface area contributed by atoms with E-state index in [-0.39, 0.29) is 11.8 Å². The summed E-state index contributed by atoms with van der Waals surface area (Å²) < 4.78 is 0. The number of amides is 2. The number of thiophene rings is 3. The monoisotopic (exact) mass is 785 g/mol. The van der Waals surface area contributed by atoms with Gasteiger partial charge in [0, 0.05) is 24.4 Å². The Bertz CT molecular complexity index is 1850. The maximum atomic E-state index is 14.4. The molecule has 4 aromatic rings. The zero-order valence-electron chi connectivity index (χ0n) is 33.5. The van der Waals surface area contributed by atoms with Gasteiger partial charge >= 0.3 is 0 Å². The Hall–Kier alpha value is -2.32. The molecule has 2 amide bonds. The van der Waals surface area contributed by atoms with Gasteiger partial charge in [-0.3, -0.25) is 9.59 Å². The van der Waals surface area contributed by atoms with Crippen molar-refractivity contribution >= 4 is 70.0 Å². The lowest BCUT2D eigenvalue weighted by molar-refractivity contribution is 0.0926. The number of nitrogens with zero attached hydrogens (tertiary/aromatic N) is 1. The van der Waals surface area contributed by atoms with Gasteiger partial charge in [0.25, 0.3) is 11.8 Å². The third kappa shape index (κ3) is 8.44. The third-order valence-corrected chi connectivity index (χ3v) is 21.4. The molecule has 2 atom stereocenters. The standard InChI is InChI=1S/C46H63NO2S3Si/c1-7-11-14-16-18-20-23-35-24-26-36(27-25-35)47-45(48)40-33(6)51-42(41(40)46(47)49)37-30-39-44(52-37)43-38(29-32(5)50-43)53(39,28-21-19-17-15-12-8-2)31-34(10-4)22-13-9-3/h24-27,29-30,34H,7-23,28,31H2,1-6H3. The summed E-state index contributed by atoms with van der Waals surface area (Å²) in [5.41, 5.74) is 3.22. The first-order valence-electron chi connectivity index (χ1n) is 21.1. The summed E-state index contributed by atoms with van der Waals surface area (Å²) in [5.74, 6) is 0.431. The molecule has 2 aliphatic heterocycles. The Morgan fingerprint density at radius 3 is 1.92 bits per heavy atom. The number of benzene rings is 1. The summed E-state index contributed by atoms with van der Waals surface area (Å²) in [7, 11) is -2.04. The first kappa shape index (κ1) is 40.3. The number of carbonyl (C=O) groups excluding carboxylic acids is 2. The molecule has 7 heteroatoms. The molecule has 0 aliphatic carbocycles. The summed E-state index contributed by atoms with van der Waals surface area (Å²) in [6.07, 6.45) is 21.8. The van der Waals surface area contributed by atoms with Crippen molar-refractivity contribution in [1.82, 2.24) is 0 Å². The van der Waals surface area contributed by atoms with Gasteiger partial charge in [-0.25, -0.2) is 4.90 Å². The molecule has 53 heavy (non-hydrogen) atoms. The Morgan fingerprint density at radius 1 is 0.642 bits per heavy atom. The van der Waals surface area contributed by atoms with E-state index < -0.39 is 8.07 Å². The van der Waals surface area contributed by atoms with Crippen LogP contribution in [0.3, 0.4) is 0 Å². The molecule has 0 spiro atoms. The first-order chi connectivity index (χ1) is 25.8. The molecule has 0 bridgehead atoms. The third-order valence-electron chi connectivity index (χ3n) is 12.1. The molecule has 0 N–H and O–H groups in total. The van der Waals surface area contributed by atoms with E-state index in [2.05, 4.69) is 58.9 Å². The predicted octanol–water partition coefficient (Wildman–Crippen LogP) is 14.0. The fourth-order valence-electron chi connectivity index (χ4n) is 9.10. The second-order valence-corrected chi connectivity index (χ2v) is 23.7.